The van der Waals surface area contributed by atoms with E-state index < -0.39 is 0 Å². The zero-order valence-corrected chi connectivity index (χ0v) is 18.1. The summed E-state index contributed by atoms with van der Waals surface area (Å²) in [5.74, 6) is -0.752. The van der Waals surface area contributed by atoms with Crippen LogP contribution in [0.3, 0.4) is 0 Å². The maximum atomic E-state index is 13.0. The fourth-order valence-electron chi connectivity index (χ4n) is 4.60. The van der Waals surface area contributed by atoms with Crippen molar-refractivity contribution >= 4 is 17.7 Å². The van der Waals surface area contributed by atoms with Crippen molar-refractivity contribution in [3.8, 4) is 0 Å². The molecule has 1 saturated carbocycles. The van der Waals surface area contributed by atoms with Gasteiger partial charge in [0.2, 0.25) is 0 Å². The first-order chi connectivity index (χ1) is 15.0. The average Bonchev–Trinajstić information content (AvgIpc) is 3.03. The summed E-state index contributed by atoms with van der Waals surface area (Å²) in [4.78, 5) is 42.4. The number of nitrogens with zero attached hydrogens (tertiary/aromatic N) is 2. The summed E-state index contributed by atoms with van der Waals surface area (Å²) in [6.07, 6.45) is 4.96. The number of benzene rings is 2. The summed E-state index contributed by atoms with van der Waals surface area (Å²) in [7, 11) is 3.92. The molecule has 2 aromatic carbocycles. The minimum absolute atomic E-state index is 0.0269. The average molecular weight is 420 g/mol. The van der Waals surface area contributed by atoms with Crippen molar-refractivity contribution < 1.29 is 14.4 Å². The monoisotopic (exact) mass is 419 g/mol. The van der Waals surface area contributed by atoms with E-state index in [0.717, 1.165) is 37.7 Å². The lowest BCUT2D eigenvalue weighted by atomic mass is 9.94. The van der Waals surface area contributed by atoms with Gasteiger partial charge in [0.05, 0.1) is 17.2 Å². The number of amides is 3. The molecular formula is C25H29N3O3. The van der Waals surface area contributed by atoms with Gasteiger partial charge < -0.3 is 10.2 Å². The van der Waals surface area contributed by atoms with Crippen LogP contribution >= 0.6 is 0 Å². The zero-order chi connectivity index (χ0) is 22.0. The molecule has 0 bridgehead atoms. The number of carbonyl (C=O) groups excluding carboxylic acids is 3. The van der Waals surface area contributed by atoms with E-state index in [1.165, 1.54) is 4.90 Å². The highest BCUT2D eigenvalue weighted by Gasteiger charge is 2.40. The van der Waals surface area contributed by atoms with Crippen LogP contribution in [0.4, 0.5) is 0 Å². The molecule has 4 rings (SSSR count). The minimum atomic E-state index is -0.269. The topological polar surface area (TPSA) is 69.7 Å². The van der Waals surface area contributed by atoms with Gasteiger partial charge in [0.1, 0.15) is 0 Å². The zero-order valence-electron chi connectivity index (χ0n) is 18.1. The quantitative estimate of drug-likeness (QED) is 0.726. The van der Waals surface area contributed by atoms with Crippen molar-refractivity contribution in [1.29, 1.82) is 0 Å². The molecule has 3 amide bonds. The number of imide groups is 1. The lowest BCUT2D eigenvalue weighted by Crippen LogP contribution is -2.40. The summed E-state index contributed by atoms with van der Waals surface area (Å²) < 4.78 is 0. The molecule has 6 heteroatoms. The summed E-state index contributed by atoms with van der Waals surface area (Å²) in [6.45, 7) is 0.646. The van der Waals surface area contributed by atoms with Crippen LogP contribution < -0.4 is 5.32 Å². The first kappa shape index (κ1) is 21.2. The summed E-state index contributed by atoms with van der Waals surface area (Å²) >= 11 is 0. The van der Waals surface area contributed by atoms with Gasteiger partial charge in [-0.05, 0) is 50.7 Å². The largest absolute Gasteiger partial charge is 0.344 e. The fraction of sp³-hybridized carbons (Fsp3) is 0.400. The second-order valence-corrected chi connectivity index (χ2v) is 8.73. The van der Waals surface area contributed by atoms with E-state index in [0.29, 0.717) is 23.2 Å². The second kappa shape index (κ2) is 9.02. The van der Waals surface area contributed by atoms with Crippen LogP contribution in [0.5, 0.6) is 0 Å². The Bertz CT molecular complexity index is 981. The fourth-order valence-corrected chi connectivity index (χ4v) is 4.60. The molecule has 162 valence electrons. The molecule has 1 aliphatic heterocycles. The first-order valence-corrected chi connectivity index (χ1v) is 11.0. The van der Waals surface area contributed by atoms with Crippen LogP contribution in [-0.2, 0) is 0 Å². The summed E-state index contributed by atoms with van der Waals surface area (Å²) in [5, 5.41) is 3.08. The van der Waals surface area contributed by atoms with Crippen molar-refractivity contribution in [3.63, 3.8) is 0 Å². The minimum Gasteiger partial charge on any atom is -0.344 e. The standard InChI is InChI=1S/C25H29N3O3/c1-27(2)16-22(17-9-5-3-6-10-17)26-23(29)18-13-14-20-21(15-18)25(31)28(24(20)30)19-11-7-4-8-12-19/h3,5-6,9-10,13-15,19,22H,4,7-8,11-12,16H2,1-2H3,(H,26,29). The molecule has 0 radical (unpaired) electrons. The molecule has 0 aromatic heterocycles. The smallest absolute Gasteiger partial charge is 0.261 e. The Morgan fingerprint density at radius 2 is 1.68 bits per heavy atom. The Morgan fingerprint density at radius 3 is 2.35 bits per heavy atom. The molecule has 1 N–H and O–H groups in total. The molecular weight excluding hydrogens is 390 g/mol. The Kier molecular flexibility index (Phi) is 6.18. The van der Waals surface area contributed by atoms with Crippen molar-refractivity contribution in [1.82, 2.24) is 15.1 Å². The molecule has 0 spiro atoms. The number of hydrogen-bond acceptors (Lipinski definition) is 4. The van der Waals surface area contributed by atoms with Crippen molar-refractivity contribution in [2.45, 2.75) is 44.2 Å². The molecule has 31 heavy (non-hydrogen) atoms. The molecule has 1 heterocycles. The third-order valence-electron chi connectivity index (χ3n) is 6.18. The molecule has 1 unspecified atom stereocenters. The van der Waals surface area contributed by atoms with Crippen molar-refractivity contribution in [2.24, 2.45) is 0 Å². The van der Waals surface area contributed by atoms with Crippen LogP contribution in [0.15, 0.2) is 48.5 Å². The molecule has 2 aromatic rings. The van der Waals surface area contributed by atoms with Gasteiger partial charge in [-0.1, -0.05) is 49.6 Å². The molecule has 1 atom stereocenters. The van der Waals surface area contributed by atoms with E-state index in [1.54, 1.807) is 18.2 Å². The molecule has 2 aliphatic rings. The third-order valence-corrected chi connectivity index (χ3v) is 6.18. The van der Waals surface area contributed by atoms with Crippen LogP contribution in [0.1, 0.15) is 74.8 Å². The maximum absolute atomic E-state index is 13.0. The number of likely N-dealkylation sites (N-methyl/N-ethyl adjacent to an activating group) is 1. The van der Waals surface area contributed by atoms with Gasteiger partial charge >= 0.3 is 0 Å². The summed E-state index contributed by atoms with van der Waals surface area (Å²) in [5.41, 5.74) is 2.15. The molecule has 1 aliphatic carbocycles. The predicted octanol–water partition coefficient (Wildman–Crippen LogP) is 3.65. The van der Waals surface area contributed by atoms with Crippen LogP contribution in [0, 0.1) is 0 Å². The van der Waals surface area contributed by atoms with Gasteiger partial charge in [0.15, 0.2) is 0 Å². The van der Waals surface area contributed by atoms with E-state index in [9.17, 15) is 14.4 Å². The highest BCUT2D eigenvalue weighted by Crippen LogP contribution is 2.31. The lowest BCUT2D eigenvalue weighted by Gasteiger charge is -2.29. The maximum Gasteiger partial charge on any atom is 0.261 e. The van der Waals surface area contributed by atoms with Gasteiger partial charge in [-0.2, -0.15) is 0 Å². The Balaban J connectivity index is 1.55. The van der Waals surface area contributed by atoms with Crippen LogP contribution in [-0.4, -0.2) is 54.2 Å². The van der Waals surface area contributed by atoms with Crippen LogP contribution in [0.25, 0.3) is 0 Å². The van der Waals surface area contributed by atoms with Crippen molar-refractivity contribution in [3.05, 3.63) is 70.8 Å². The van der Waals surface area contributed by atoms with Crippen LogP contribution in [0.2, 0.25) is 0 Å². The first-order valence-electron chi connectivity index (χ1n) is 11.0. The lowest BCUT2D eigenvalue weighted by molar-refractivity contribution is 0.0548. The highest BCUT2D eigenvalue weighted by molar-refractivity contribution is 6.22. The number of carbonyl (C=O) groups is 3. The summed E-state index contributed by atoms with van der Waals surface area (Å²) in [6, 6.07) is 14.4. The Morgan fingerprint density at radius 1 is 1.00 bits per heavy atom. The number of nitrogens with one attached hydrogen (secondary N) is 1. The van der Waals surface area contributed by atoms with E-state index in [-0.39, 0.29) is 29.8 Å². The second-order valence-electron chi connectivity index (χ2n) is 8.73. The Labute approximate surface area is 183 Å². The van der Waals surface area contributed by atoms with E-state index in [4.69, 9.17) is 0 Å². The van der Waals surface area contributed by atoms with E-state index in [2.05, 4.69) is 5.32 Å². The SMILES string of the molecule is CN(C)CC(NC(=O)c1ccc2c(c1)C(=O)N(C1CCCCC1)C2=O)c1ccccc1. The number of fused-ring (bicyclic) bond motifs is 1. The highest BCUT2D eigenvalue weighted by atomic mass is 16.2. The predicted molar refractivity (Wildman–Crippen MR) is 119 cm³/mol. The molecule has 0 saturated heterocycles. The Hall–Kier alpha value is -2.99. The molecule has 1 fully saturated rings. The van der Waals surface area contributed by atoms with Gasteiger partial charge in [0, 0.05) is 18.2 Å². The number of rotatable bonds is 6. The van der Waals surface area contributed by atoms with Gasteiger partial charge in [-0.15, -0.1) is 0 Å². The van der Waals surface area contributed by atoms with Gasteiger partial charge in [-0.25, -0.2) is 0 Å². The molecule has 6 nitrogen and oxygen atoms in total. The third kappa shape index (κ3) is 4.39. The van der Waals surface area contributed by atoms with E-state index in [1.807, 2.05) is 49.3 Å². The van der Waals surface area contributed by atoms with Gasteiger partial charge in [0.25, 0.3) is 17.7 Å². The van der Waals surface area contributed by atoms with Gasteiger partial charge in [-0.3, -0.25) is 19.3 Å². The van der Waals surface area contributed by atoms with Crippen molar-refractivity contribution in [2.75, 3.05) is 20.6 Å². The van der Waals surface area contributed by atoms with E-state index >= 15 is 0 Å². The number of hydrogen-bond donors (Lipinski definition) is 1. The normalized spacial score (nSPS) is 17.7.